The maximum absolute atomic E-state index is 11.2. The average Bonchev–Trinajstić information content (AvgIpc) is 2.65. The summed E-state index contributed by atoms with van der Waals surface area (Å²) in [6.45, 7) is 4.86. The molecule has 0 amide bonds. The number of fused-ring (bicyclic) bond motifs is 1. The highest BCUT2D eigenvalue weighted by Gasteiger charge is 2.45. The number of carboxylic acids is 1. The highest BCUT2D eigenvalue weighted by atomic mass is 16.4. The first-order valence-electron chi connectivity index (χ1n) is 11.7. The number of piperidine rings is 1. The lowest BCUT2D eigenvalue weighted by Crippen LogP contribution is -2.60. The molecule has 3 rings (SSSR count). The molecule has 4 nitrogen and oxygen atoms in total. The van der Waals surface area contributed by atoms with E-state index in [1.54, 1.807) is 0 Å². The number of carbonyl (C=O) groups is 1. The van der Waals surface area contributed by atoms with Crippen LogP contribution >= 0.6 is 0 Å². The highest BCUT2D eigenvalue weighted by molar-refractivity contribution is 5.69. The summed E-state index contributed by atoms with van der Waals surface area (Å²) in [5, 5.41) is 13.1. The second-order valence-corrected chi connectivity index (χ2v) is 10.0. The molecule has 1 saturated heterocycles. The number of aliphatic carboxylic acids is 1. The topological polar surface area (TPSA) is 52.6 Å². The van der Waals surface area contributed by atoms with Gasteiger partial charge in [-0.15, -0.1) is 0 Å². The summed E-state index contributed by atoms with van der Waals surface area (Å²) in [5.41, 5.74) is 0. The fourth-order valence-electron chi connectivity index (χ4n) is 6.37. The van der Waals surface area contributed by atoms with E-state index in [-0.39, 0.29) is 12.7 Å². The molecule has 156 valence electrons. The van der Waals surface area contributed by atoms with Crippen molar-refractivity contribution in [2.75, 3.05) is 13.6 Å². The molecule has 0 aromatic rings. The predicted octanol–water partition coefficient (Wildman–Crippen LogP) is 4.74. The molecule has 1 heterocycles. The summed E-state index contributed by atoms with van der Waals surface area (Å²) in [6.07, 6.45) is 15.1. The molecule has 0 aromatic heterocycles. The maximum Gasteiger partial charge on any atom is 0.317 e. The number of hydrogen-bond acceptors (Lipinski definition) is 3. The average molecular weight is 379 g/mol. The van der Waals surface area contributed by atoms with Crippen LogP contribution in [0, 0.1) is 29.6 Å². The molecular weight excluding hydrogens is 336 g/mol. The molecular formula is C23H42N2O2. The first-order chi connectivity index (χ1) is 13.0. The number of unbranched alkanes of at least 4 members (excludes halogenated alkanes) is 1. The SMILES string of the molecule is CCCCC1CCC2NC(N(C)CC(=O)O)CC(C3CCC(C)CC3)C2C1. The van der Waals surface area contributed by atoms with Gasteiger partial charge in [0.2, 0.25) is 0 Å². The zero-order chi connectivity index (χ0) is 19.4. The van der Waals surface area contributed by atoms with Gasteiger partial charge < -0.3 is 5.11 Å². The quantitative estimate of drug-likeness (QED) is 0.672. The van der Waals surface area contributed by atoms with Crippen molar-refractivity contribution < 1.29 is 9.90 Å². The minimum Gasteiger partial charge on any atom is -0.480 e. The number of nitrogens with one attached hydrogen (secondary N) is 1. The minimum atomic E-state index is -0.715. The summed E-state index contributed by atoms with van der Waals surface area (Å²) in [4.78, 5) is 13.3. The number of hydrogen-bond donors (Lipinski definition) is 2. The molecule has 0 aromatic carbocycles. The number of likely N-dealkylation sites (N-methyl/N-ethyl adjacent to an activating group) is 1. The van der Waals surface area contributed by atoms with Crippen molar-refractivity contribution in [3.8, 4) is 0 Å². The molecule has 2 saturated carbocycles. The van der Waals surface area contributed by atoms with Gasteiger partial charge in [0, 0.05) is 6.04 Å². The lowest BCUT2D eigenvalue weighted by Gasteiger charge is -2.52. The predicted molar refractivity (Wildman–Crippen MR) is 111 cm³/mol. The molecule has 0 bridgehead atoms. The van der Waals surface area contributed by atoms with Crippen molar-refractivity contribution in [2.24, 2.45) is 29.6 Å². The van der Waals surface area contributed by atoms with E-state index in [4.69, 9.17) is 0 Å². The largest absolute Gasteiger partial charge is 0.480 e. The Labute approximate surface area is 166 Å². The number of carboxylic acid groups (broad SMARTS) is 1. The van der Waals surface area contributed by atoms with Gasteiger partial charge in [0.05, 0.1) is 12.7 Å². The van der Waals surface area contributed by atoms with Crippen LogP contribution in [0.5, 0.6) is 0 Å². The summed E-state index contributed by atoms with van der Waals surface area (Å²) in [6, 6.07) is 0.599. The van der Waals surface area contributed by atoms with Crippen LogP contribution in [0.1, 0.15) is 84.5 Å². The van der Waals surface area contributed by atoms with Gasteiger partial charge in [-0.1, -0.05) is 46.0 Å². The lowest BCUT2D eigenvalue weighted by molar-refractivity contribution is -0.139. The van der Waals surface area contributed by atoms with Gasteiger partial charge >= 0.3 is 5.97 Å². The third-order valence-electron chi connectivity index (χ3n) is 8.01. The molecule has 5 unspecified atom stereocenters. The normalized spacial score (nSPS) is 39.9. The zero-order valence-electron chi connectivity index (χ0n) is 17.8. The van der Waals surface area contributed by atoms with E-state index < -0.39 is 5.97 Å². The molecule has 27 heavy (non-hydrogen) atoms. The molecule has 1 aliphatic heterocycles. The Balaban J connectivity index is 1.70. The van der Waals surface area contributed by atoms with Gasteiger partial charge in [0.15, 0.2) is 0 Å². The van der Waals surface area contributed by atoms with Crippen LogP contribution in [0.3, 0.4) is 0 Å². The second kappa shape index (κ2) is 9.73. The van der Waals surface area contributed by atoms with Crippen LogP contribution < -0.4 is 5.32 Å². The number of nitrogens with zero attached hydrogens (tertiary/aromatic N) is 1. The van der Waals surface area contributed by atoms with Crippen molar-refractivity contribution in [1.82, 2.24) is 10.2 Å². The Morgan fingerprint density at radius 3 is 2.48 bits per heavy atom. The van der Waals surface area contributed by atoms with Crippen molar-refractivity contribution in [1.29, 1.82) is 0 Å². The highest BCUT2D eigenvalue weighted by Crippen LogP contribution is 2.47. The van der Waals surface area contributed by atoms with Crippen LogP contribution in [0.4, 0.5) is 0 Å². The van der Waals surface area contributed by atoms with Crippen LogP contribution in [0.15, 0.2) is 0 Å². The smallest absolute Gasteiger partial charge is 0.317 e. The van der Waals surface area contributed by atoms with Crippen LogP contribution in [-0.4, -0.2) is 41.8 Å². The van der Waals surface area contributed by atoms with Gasteiger partial charge in [0.25, 0.3) is 0 Å². The van der Waals surface area contributed by atoms with Gasteiger partial charge in [0.1, 0.15) is 0 Å². The van der Waals surface area contributed by atoms with Crippen LogP contribution in [-0.2, 0) is 4.79 Å². The Morgan fingerprint density at radius 2 is 1.81 bits per heavy atom. The third kappa shape index (κ3) is 5.47. The Hall–Kier alpha value is -0.610. The van der Waals surface area contributed by atoms with E-state index in [9.17, 15) is 9.90 Å². The summed E-state index contributed by atoms with van der Waals surface area (Å²) >= 11 is 0. The van der Waals surface area contributed by atoms with Crippen molar-refractivity contribution in [3.05, 3.63) is 0 Å². The monoisotopic (exact) mass is 378 g/mol. The minimum absolute atomic E-state index is 0.141. The van der Waals surface area contributed by atoms with Crippen LogP contribution in [0.2, 0.25) is 0 Å². The second-order valence-electron chi connectivity index (χ2n) is 10.0. The fraction of sp³-hybridized carbons (Fsp3) is 0.957. The molecule has 2 N–H and O–H groups in total. The van der Waals surface area contributed by atoms with E-state index in [2.05, 4.69) is 19.2 Å². The zero-order valence-corrected chi connectivity index (χ0v) is 17.8. The van der Waals surface area contributed by atoms with Crippen molar-refractivity contribution in [3.63, 3.8) is 0 Å². The molecule has 5 atom stereocenters. The van der Waals surface area contributed by atoms with Crippen molar-refractivity contribution in [2.45, 2.75) is 96.7 Å². The molecule has 4 heteroatoms. The molecule has 3 fully saturated rings. The van der Waals surface area contributed by atoms with Gasteiger partial charge in [-0.2, -0.15) is 0 Å². The summed E-state index contributed by atoms with van der Waals surface area (Å²) in [5.74, 6) is 3.57. The van der Waals surface area contributed by atoms with E-state index in [0.29, 0.717) is 6.04 Å². The van der Waals surface area contributed by atoms with E-state index in [0.717, 1.165) is 36.0 Å². The lowest BCUT2D eigenvalue weighted by atomic mass is 9.61. The molecule has 2 aliphatic carbocycles. The molecule has 0 spiro atoms. The van der Waals surface area contributed by atoms with Crippen LogP contribution in [0.25, 0.3) is 0 Å². The Bertz CT molecular complexity index is 475. The first kappa shape index (κ1) is 21.1. The van der Waals surface area contributed by atoms with Gasteiger partial charge in [-0.3, -0.25) is 15.0 Å². The van der Waals surface area contributed by atoms with Gasteiger partial charge in [-0.05, 0) is 75.2 Å². The number of rotatable bonds is 7. The summed E-state index contributed by atoms with van der Waals surface area (Å²) in [7, 11) is 1.99. The fourth-order valence-corrected chi connectivity index (χ4v) is 6.37. The maximum atomic E-state index is 11.2. The van der Waals surface area contributed by atoms with Gasteiger partial charge in [-0.25, -0.2) is 0 Å². The standard InChI is InChI=1S/C23H42N2O2/c1-4-5-6-17-9-12-21-20(13-17)19(18-10-7-16(2)8-11-18)14-22(24-21)25(3)15-23(26)27/h16-22,24H,4-15H2,1-3H3,(H,26,27). The van der Waals surface area contributed by atoms with E-state index in [1.165, 1.54) is 64.2 Å². The molecule has 0 radical (unpaired) electrons. The third-order valence-corrected chi connectivity index (χ3v) is 8.01. The Morgan fingerprint density at radius 1 is 1.07 bits per heavy atom. The van der Waals surface area contributed by atoms with E-state index >= 15 is 0 Å². The van der Waals surface area contributed by atoms with E-state index in [1.807, 2.05) is 11.9 Å². The van der Waals surface area contributed by atoms with Crippen molar-refractivity contribution >= 4 is 5.97 Å². The molecule has 3 aliphatic rings. The first-order valence-corrected chi connectivity index (χ1v) is 11.7. The Kier molecular flexibility index (Phi) is 7.61. The summed E-state index contributed by atoms with van der Waals surface area (Å²) < 4.78 is 0.